The van der Waals surface area contributed by atoms with Crippen molar-refractivity contribution in [1.29, 1.82) is 0 Å². The number of methoxy groups -OCH3 is 1. The molecule has 0 bridgehead atoms. The van der Waals surface area contributed by atoms with Crippen LogP contribution in [0.5, 0.6) is 0 Å². The fourth-order valence-corrected chi connectivity index (χ4v) is 2.01. The zero-order valence-corrected chi connectivity index (χ0v) is 11.7. The predicted molar refractivity (Wildman–Crippen MR) is 73.3 cm³/mol. The predicted octanol–water partition coefficient (Wildman–Crippen LogP) is 3.20. The van der Waals surface area contributed by atoms with Gasteiger partial charge in [0.05, 0.1) is 17.7 Å². The average Bonchev–Trinajstić information content (AvgIpc) is 2.40. The molecule has 2 aromatic rings. The minimum absolute atomic E-state index is 0.389. The highest BCUT2D eigenvalue weighted by molar-refractivity contribution is 6.33. The van der Waals surface area contributed by atoms with Crippen molar-refractivity contribution < 1.29 is 9.53 Å². The lowest BCUT2D eigenvalue weighted by Crippen LogP contribution is -2.05. The van der Waals surface area contributed by atoms with Gasteiger partial charge in [-0.05, 0) is 26.0 Å². The van der Waals surface area contributed by atoms with Crippen molar-refractivity contribution in [2.24, 2.45) is 0 Å². The van der Waals surface area contributed by atoms with Gasteiger partial charge in [-0.2, -0.15) is 0 Å². The molecule has 0 aliphatic carbocycles. The van der Waals surface area contributed by atoms with Gasteiger partial charge in [0.2, 0.25) is 0 Å². The number of pyridine rings is 2. The molecule has 4 nitrogen and oxygen atoms in total. The first-order valence-electron chi connectivity index (χ1n) is 5.70. The van der Waals surface area contributed by atoms with Crippen LogP contribution in [0.1, 0.15) is 21.7 Å². The lowest BCUT2D eigenvalue weighted by molar-refractivity contribution is 0.0601. The van der Waals surface area contributed by atoms with Gasteiger partial charge in [0.25, 0.3) is 0 Å². The topological polar surface area (TPSA) is 52.1 Å². The smallest absolute Gasteiger partial charge is 0.340 e. The maximum atomic E-state index is 11.8. The van der Waals surface area contributed by atoms with Gasteiger partial charge in [0, 0.05) is 34.9 Å². The molecule has 0 aliphatic rings. The van der Waals surface area contributed by atoms with Gasteiger partial charge in [-0.25, -0.2) is 4.79 Å². The maximum Gasteiger partial charge on any atom is 0.340 e. The number of carbonyl (C=O) groups excluding carboxylic acids is 1. The van der Waals surface area contributed by atoms with Gasteiger partial charge in [0.1, 0.15) is 0 Å². The normalized spacial score (nSPS) is 10.3. The van der Waals surface area contributed by atoms with Crippen LogP contribution in [0.25, 0.3) is 11.1 Å². The van der Waals surface area contributed by atoms with Crippen LogP contribution in [0.3, 0.4) is 0 Å². The van der Waals surface area contributed by atoms with E-state index in [1.807, 2.05) is 26.0 Å². The fourth-order valence-electron chi connectivity index (χ4n) is 1.80. The first-order chi connectivity index (χ1) is 9.02. The monoisotopic (exact) mass is 276 g/mol. The molecule has 0 aliphatic heterocycles. The molecule has 0 amide bonds. The van der Waals surface area contributed by atoms with Crippen LogP contribution in [0.2, 0.25) is 5.02 Å². The second-order valence-corrected chi connectivity index (χ2v) is 4.58. The first-order valence-corrected chi connectivity index (χ1v) is 6.08. The van der Waals surface area contributed by atoms with Crippen LogP contribution in [0.4, 0.5) is 0 Å². The number of carbonyl (C=O) groups is 1. The van der Waals surface area contributed by atoms with E-state index in [1.165, 1.54) is 13.3 Å². The molecule has 5 heteroatoms. The number of hydrogen-bond acceptors (Lipinski definition) is 4. The molecule has 0 spiro atoms. The second kappa shape index (κ2) is 5.36. The minimum atomic E-state index is -0.437. The van der Waals surface area contributed by atoms with Crippen LogP contribution >= 0.6 is 11.6 Å². The highest BCUT2D eigenvalue weighted by Crippen LogP contribution is 2.31. The summed E-state index contributed by atoms with van der Waals surface area (Å²) < 4.78 is 4.77. The Labute approximate surface area is 116 Å². The number of esters is 1. The number of aryl methyl sites for hydroxylation is 2. The molecule has 2 rings (SSSR count). The summed E-state index contributed by atoms with van der Waals surface area (Å²) >= 11 is 6.17. The van der Waals surface area contributed by atoms with Crippen LogP contribution in [0, 0.1) is 13.8 Å². The molecule has 0 unspecified atom stereocenters. The highest BCUT2D eigenvalue weighted by atomic mass is 35.5. The summed E-state index contributed by atoms with van der Waals surface area (Å²) in [6.07, 6.45) is 3.08. The Morgan fingerprint density at radius 3 is 2.32 bits per heavy atom. The third kappa shape index (κ3) is 2.74. The number of rotatable bonds is 2. The number of aromatic nitrogens is 2. The first kappa shape index (κ1) is 13.5. The summed E-state index contributed by atoms with van der Waals surface area (Å²) in [6.45, 7) is 3.72. The summed E-state index contributed by atoms with van der Waals surface area (Å²) in [5, 5.41) is 0.487. The summed E-state index contributed by atoms with van der Waals surface area (Å²) in [5.41, 5.74) is 3.47. The van der Waals surface area contributed by atoms with Gasteiger partial charge in [-0.3, -0.25) is 9.97 Å². The Bertz CT molecular complexity index is 641. The quantitative estimate of drug-likeness (QED) is 0.791. The van der Waals surface area contributed by atoms with Gasteiger partial charge in [-0.15, -0.1) is 0 Å². The standard InChI is InChI=1S/C14H13ClN2O2/c1-8-4-10(12(6-16-8)14(18)19-3)11-5-9(2)17-7-13(11)15/h4-7H,1-3H3. The van der Waals surface area contributed by atoms with Crippen molar-refractivity contribution >= 4 is 17.6 Å². The van der Waals surface area contributed by atoms with Gasteiger partial charge < -0.3 is 4.74 Å². The Balaban J connectivity index is 2.69. The van der Waals surface area contributed by atoms with Crippen LogP contribution in [-0.2, 0) is 4.74 Å². The van der Waals surface area contributed by atoms with E-state index in [9.17, 15) is 4.79 Å². The van der Waals surface area contributed by atoms with Crippen LogP contribution < -0.4 is 0 Å². The summed E-state index contributed by atoms with van der Waals surface area (Å²) in [6, 6.07) is 3.65. The van der Waals surface area contributed by atoms with Crippen molar-refractivity contribution in [3.63, 3.8) is 0 Å². The van der Waals surface area contributed by atoms with Crippen LogP contribution in [0.15, 0.2) is 24.5 Å². The Morgan fingerprint density at radius 2 is 1.68 bits per heavy atom. The van der Waals surface area contributed by atoms with Crippen molar-refractivity contribution in [3.05, 3.63) is 46.5 Å². The molecule has 2 aromatic heterocycles. The molecule has 98 valence electrons. The van der Waals surface area contributed by atoms with E-state index in [1.54, 1.807) is 6.20 Å². The average molecular weight is 277 g/mol. The lowest BCUT2D eigenvalue weighted by Gasteiger charge is -2.10. The SMILES string of the molecule is COC(=O)c1cnc(C)cc1-c1cc(C)ncc1Cl. The molecule has 0 aromatic carbocycles. The minimum Gasteiger partial charge on any atom is -0.465 e. The van der Waals surface area contributed by atoms with Crippen molar-refractivity contribution in [2.45, 2.75) is 13.8 Å². The van der Waals surface area contributed by atoms with E-state index in [0.717, 1.165) is 17.0 Å². The molecule has 0 atom stereocenters. The third-order valence-electron chi connectivity index (χ3n) is 2.73. The van der Waals surface area contributed by atoms with E-state index >= 15 is 0 Å². The Morgan fingerprint density at radius 1 is 1.11 bits per heavy atom. The summed E-state index contributed by atoms with van der Waals surface area (Å²) in [5.74, 6) is -0.437. The third-order valence-corrected chi connectivity index (χ3v) is 3.03. The molecule has 0 N–H and O–H groups in total. The number of ether oxygens (including phenoxy) is 1. The Kier molecular flexibility index (Phi) is 3.81. The highest BCUT2D eigenvalue weighted by Gasteiger charge is 2.16. The van der Waals surface area contributed by atoms with Gasteiger partial charge in [0.15, 0.2) is 0 Å². The molecule has 0 saturated heterocycles. The zero-order chi connectivity index (χ0) is 14.0. The van der Waals surface area contributed by atoms with Crippen molar-refractivity contribution in [2.75, 3.05) is 7.11 Å². The van der Waals surface area contributed by atoms with Crippen LogP contribution in [-0.4, -0.2) is 23.0 Å². The van der Waals surface area contributed by atoms with Crippen molar-refractivity contribution in [1.82, 2.24) is 9.97 Å². The van der Waals surface area contributed by atoms with E-state index in [4.69, 9.17) is 16.3 Å². The van der Waals surface area contributed by atoms with E-state index in [0.29, 0.717) is 16.1 Å². The molecule has 0 saturated carbocycles. The van der Waals surface area contributed by atoms with Gasteiger partial charge >= 0.3 is 5.97 Å². The molecular weight excluding hydrogens is 264 g/mol. The largest absolute Gasteiger partial charge is 0.465 e. The number of nitrogens with zero attached hydrogens (tertiary/aromatic N) is 2. The van der Waals surface area contributed by atoms with E-state index in [-0.39, 0.29) is 0 Å². The maximum absolute atomic E-state index is 11.8. The fraction of sp³-hybridized carbons (Fsp3) is 0.214. The summed E-state index contributed by atoms with van der Waals surface area (Å²) in [4.78, 5) is 20.0. The molecule has 19 heavy (non-hydrogen) atoms. The number of halogens is 1. The molecular formula is C14H13ClN2O2. The van der Waals surface area contributed by atoms with Crippen molar-refractivity contribution in [3.8, 4) is 11.1 Å². The van der Waals surface area contributed by atoms with E-state index in [2.05, 4.69) is 9.97 Å². The molecule has 0 fully saturated rings. The summed E-state index contributed by atoms with van der Waals surface area (Å²) in [7, 11) is 1.34. The van der Waals surface area contributed by atoms with Gasteiger partial charge in [-0.1, -0.05) is 11.6 Å². The Hall–Kier alpha value is -1.94. The second-order valence-electron chi connectivity index (χ2n) is 4.17. The zero-order valence-electron chi connectivity index (χ0n) is 10.9. The molecule has 0 radical (unpaired) electrons. The van der Waals surface area contributed by atoms with E-state index < -0.39 is 5.97 Å². The number of hydrogen-bond donors (Lipinski definition) is 0. The molecule has 2 heterocycles. The lowest BCUT2D eigenvalue weighted by atomic mass is 10.0.